The van der Waals surface area contributed by atoms with Crippen molar-refractivity contribution >= 4 is 37.8 Å². The Morgan fingerprint density at radius 1 is 1.42 bits per heavy atom. The third-order valence-corrected chi connectivity index (χ3v) is 3.94. The fourth-order valence-electron chi connectivity index (χ4n) is 1.71. The average molecular weight is 393 g/mol. The molecule has 0 saturated carbocycles. The Labute approximate surface area is 131 Å². The van der Waals surface area contributed by atoms with E-state index in [1.807, 2.05) is 0 Å². The monoisotopic (exact) mass is 391 g/mol. The van der Waals surface area contributed by atoms with Crippen molar-refractivity contribution < 1.29 is 9.53 Å². The maximum absolute atomic E-state index is 12.0. The lowest BCUT2D eigenvalue weighted by atomic mass is 10.1. The smallest absolute Gasteiger partial charge is 0.251 e. The minimum absolute atomic E-state index is 0.0726. The minimum atomic E-state index is -0.0726. The number of carbonyl (C=O) groups excluding carboxylic acids is 1. The normalized spacial score (nSPS) is 12.3. The lowest BCUT2D eigenvalue weighted by molar-refractivity contribution is 0.0953. The van der Waals surface area contributed by atoms with Crippen LogP contribution in [0.4, 0.5) is 0 Å². The Hall–Kier alpha value is -0.550. The third-order valence-electron chi connectivity index (χ3n) is 2.63. The van der Waals surface area contributed by atoms with Crippen LogP contribution in [0.3, 0.4) is 0 Å². The molecule has 3 nitrogen and oxygen atoms in total. The first kappa shape index (κ1) is 16.5. The van der Waals surface area contributed by atoms with Gasteiger partial charge >= 0.3 is 0 Å². The number of benzene rings is 1. The zero-order valence-electron chi connectivity index (χ0n) is 11.4. The number of nitrogens with one attached hydrogen (secondary N) is 1. The van der Waals surface area contributed by atoms with E-state index in [2.05, 4.69) is 51.0 Å². The van der Waals surface area contributed by atoms with Crippen LogP contribution in [0.25, 0.3) is 0 Å². The van der Waals surface area contributed by atoms with Gasteiger partial charge in [-0.05, 0) is 46.5 Å². The third kappa shape index (κ3) is 5.53. The van der Waals surface area contributed by atoms with Crippen molar-refractivity contribution in [2.75, 3.05) is 13.7 Å². The Balaban J connectivity index is 2.56. The molecular formula is C14H19Br2NO2. The fraction of sp³-hybridized carbons (Fsp3) is 0.500. The molecule has 1 rings (SSSR count). The van der Waals surface area contributed by atoms with Crippen LogP contribution in [0.5, 0.6) is 5.75 Å². The standard InChI is InChI=1S/C14H19Br2NO2/c1-9(2)6-11(15)8-17-14(18)10-4-5-13(19-3)12(16)7-10/h4-5,7,9,11H,6,8H2,1-3H3,(H,17,18). The number of hydrogen-bond acceptors (Lipinski definition) is 2. The summed E-state index contributed by atoms with van der Waals surface area (Å²) >= 11 is 6.95. The van der Waals surface area contributed by atoms with Gasteiger partial charge in [-0.15, -0.1) is 0 Å². The molecule has 0 aromatic heterocycles. The zero-order chi connectivity index (χ0) is 14.4. The zero-order valence-corrected chi connectivity index (χ0v) is 14.5. The molecule has 0 bridgehead atoms. The molecule has 106 valence electrons. The van der Waals surface area contributed by atoms with Crippen molar-refractivity contribution in [1.82, 2.24) is 5.32 Å². The molecule has 1 aromatic carbocycles. The molecule has 0 heterocycles. The van der Waals surface area contributed by atoms with Crippen LogP contribution in [0.2, 0.25) is 0 Å². The van der Waals surface area contributed by atoms with Crippen molar-refractivity contribution in [2.24, 2.45) is 5.92 Å². The lowest BCUT2D eigenvalue weighted by Crippen LogP contribution is -2.30. The molecule has 0 radical (unpaired) electrons. The second-order valence-electron chi connectivity index (χ2n) is 4.79. The molecule has 1 unspecified atom stereocenters. The molecule has 0 spiro atoms. The van der Waals surface area contributed by atoms with E-state index in [9.17, 15) is 4.79 Å². The van der Waals surface area contributed by atoms with Crippen molar-refractivity contribution in [3.63, 3.8) is 0 Å². The maximum atomic E-state index is 12.0. The predicted octanol–water partition coefficient (Wildman–Crippen LogP) is 4.00. The van der Waals surface area contributed by atoms with Crippen LogP contribution < -0.4 is 10.1 Å². The first-order valence-corrected chi connectivity index (χ1v) is 7.90. The Kier molecular flexibility index (Phi) is 6.86. The highest BCUT2D eigenvalue weighted by Gasteiger charge is 2.11. The van der Waals surface area contributed by atoms with E-state index >= 15 is 0 Å². The van der Waals surface area contributed by atoms with Crippen molar-refractivity contribution in [2.45, 2.75) is 25.1 Å². The van der Waals surface area contributed by atoms with Crippen LogP contribution in [0.15, 0.2) is 22.7 Å². The predicted molar refractivity (Wildman–Crippen MR) is 85.2 cm³/mol. The fourth-order valence-corrected chi connectivity index (χ4v) is 3.16. The Morgan fingerprint density at radius 3 is 2.63 bits per heavy atom. The molecule has 0 aliphatic heterocycles. The number of amides is 1. The van der Waals surface area contributed by atoms with Crippen molar-refractivity contribution in [3.05, 3.63) is 28.2 Å². The van der Waals surface area contributed by atoms with E-state index in [1.165, 1.54) is 0 Å². The van der Waals surface area contributed by atoms with E-state index in [1.54, 1.807) is 25.3 Å². The highest BCUT2D eigenvalue weighted by molar-refractivity contribution is 9.10. The molecule has 19 heavy (non-hydrogen) atoms. The number of alkyl halides is 1. The lowest BCUT2D eigenvalue weighted by Gasteiger charge is -2.13. The number of ether oxygens (including phenoxy) is 1. The van der Waals surface area contributed by atoms with E-state index in [0.717, 1.165) is 16.6 Å². The van der Waals surface area contributed by atoms with E-state index < -0.39 is 0 Å². The van der Waals surface area contributed by atoms with Gasteiger partial charge in [0.15, 0.2) is 0 Å². The first-order valence-electron chi connectivity index (χ1n) is 6.19. The summed E-state index contributed by atoms with van der Waals surface area (Å²) in [6, 6.07) is 5.29. The van der Waals surface area contributed by atoms with E-state index in [0.29, 0.717) is 22.9 Å². The number of hydrogen-bond donors (Lipinski definition) is 1. The average Bonchev–Trinajstić information content (AvgIpc) is 2.35. The summed E-state index contributed by atoms with van der Waals surface area (Å²) in [7, 11) is 1.60. The van der Waals surface area contributed by atoms with Crippen molar-refractivity contribution in [3.8, 4) is 5.75 Å². The van der Waals surface area contributed by atoms with E-state index in [-0.39, 0.29) is 5.91 Å². The van der Waals surface area contributed by atoms with Gasteiger partial charge in [0, 0.05) is 16.9 Å². The number of carbonyl (C=O) groups is 1. The highest BCUT2D eigenvalue weighted by atomic mass is 79.9. The van der Waals surface area contributed by atoms with Gasteiger partial charge in [-0.1, -0.05) is 29.8 Å². The minimum Gasteiger partial charge on any atom is -0.496 e. The van der Waals surface area contributed by atoms with Gasteiger partial charge in [0.25, 0.3) is 5.91 Å². The van der Waals surface area contributed by atoms with Crippen LogP contribution in [-0.4, -0.2) is 24.4 Å². The Bertz CT molecular complexity index is 435. The van der Waals surface area contributed by atoms with Crippen LogP contribution in [-0.2, 0) is 0 Å². The van der Waals surface area contributed by atoms with Gasteiger partial charge in [-0.2, -0.15) is 0 Å². The summed E-state index contributed by atoms with van der Waals surface area (Å²) in [6.07, 6.45) is 1.03. The first-order chi connectivity index (χ1) is 8.93. The summed E-state index contributed by atoms with van der Waals surface area (Å²) in [5.41, 5.74) is 0.622. The highest BCUT2D eigenvalue weighted by Crippen LogP contribution is 2.25. The number of rotatable bonds is 6. The van der Waals surface area contributed by atoms with Gasteiger partial charge in [-0.25, -0.2) is 0 Å². The summed E-state index contributed by atoms with van der Waals surface area (Å²) < 4.78 is 5.91. The number of methoxy groups -OCH3 is 1. The summed E-state index contributed by atoms with van der Waals surface area (Å²) in [4.78, 5) is 12.3. The van der Waals surface area contributed by atoms with Crippen LogP contribution in [0, 0.1) is 5.92 Å². The van der Waals surface area contributed by atoms with Crippen LogP contribution in [0.1, 0.15) is 30.6 Å². The van der Waals surface area contributed by atoms with Crippen LogP contribution >= 0.6 is 31.9 Å². The number of halogens is 2. The van der Waals surface area contributed by atoms with Gasteiger partial charge in [0.2, 0.25) is 0 Å². The molecule has 0 saturated heterocycles. The van der Waals surface area contributed by atoms with Gasteiger partial charge in [0.1, 0.15) is 5.75 Å². The molecule has 1 amide bonds. The molecule has 1 aromatic rings. The molecule has 0 aliphatic rings. The molecule has 1 atom stereocenters. The summed E-state index contributed by atoms with van der Waals surface area (Å²) in [5.74, 6) is 1.25. The van der Waals surface area contributed by atoms with Gasteiger partial charge < -0.3 is 10.1 Å². The molecule has 5 heteroatoms. The second-order valence-corrected chi connectivity index (χ2v) is 6.94. The summed E-state index contributed by atoms with van der Waals surface area (Å²) in [6.45, 7) is 4.95. The molecular weight excluding hydrogens is 374 g/mol. The van der Waals surface area contributed by atoms with Gasteiger partial charge in [-0.3, -0.25) is 4.79 Å². The van der Waals surface area contributed by atoms with E-state index in [4.69, 9.17) is 4.74 Å². The maximum Gasteiger partial charge on any atom is 0.251 e. The summed E-state index contributed by atoms with van der Waals surface area (Å²) in [5, 5.41) is 2.92. The quantitative estimate of drug-likeness (QED) is 0.743. The molecule has 0 aliphatic carbocycles. The second kappa shape index (κ2) is 7.90. The van der Waals surface area contributed by atoms with Crippen molar-refractivity contribution in [1.29, 1.82) is 0 Å². The SMILES string of the molecule is COc1ccc(C(=O)NCC(Br)CC(C)C)cc1Br. The van der Waals surface area contributed by atoms with Gasteiger partial charge in [0.05, 0.1) is 11.6 Å². The largest absolute Gasteiger partial charge is 0.496 e. The topological polar surface area (TPSA) is 38.3 Å². The Morgan fingerprint density at radius 2 is 2.11 bits per heavy atom. The molecule has 1 N–H and O–H groups in total. The molecule has 0 fully saturated rings.